The van der Waals surface area contributed by atoms with Crippen LogP contribution in [-0.4, -0.2) is 19.3 Å². The molecule has 0 fully saturated rings. The normalized spacial score (nSPS) is 14.6. The summed E-state index contributed by atoms with van der Waals surface area (Å²) in [6, 6.07) is 4.91. The summed E-state index contributed by atoms with van der Waals surface area (Å²) in [5.74, 6) is -0.191. The molecule has 0 aliphatic carbocycles. The van der Waals surface area contributed by atoms with Gasteiger partial charge in [0.2, 0.25) is 0 Å². The molecule has 0 heterocycles. The molecule has 2 nitrogen and oxygen atoms in total. The zero-order valence-corrected chi connectivity index (χ0v) is 11.8. The first-order valence-corrected chi connectivity index (χ1v) is 6.54. The summed E-state index contributed by atoms with van der Waals surface area (Å²) in [6.07, 6.45) is 2.49. The first-order valence-electron chi connectivity index (χ1n) is 5.75. The van der Waals surface area contributed by atoms with Crippen LogP contribution in [0.3, 0.4) is 0 Å². The van der Waals surface area contributed by atoms with Gasteiger partial charge in [-0.25, -0.2) is 4.39 Å². The molecule has 0 saturated carbocycles. The quantitative estimate of drug-likeness (QED) is 0.875. The van der Waals surface area contributed by atoms with Crippen LogP contribution in [0.25, 0.3) is 0 Å². The molecule has 1 aromatic rings. The number of hydrogen-bond acceptors (Lipinski definition) is 2. The van der Waals surface area contributed by atoms with Crippen LogP contribution in [0.1, 0.15) is 25.3 Å². The maximum atomic E-state index is 13.5. The Morgan fingerprint density at radius 3 is 2.76 bits per heavy atom. The van der Waals surface area contributed by atoms with E-state index in [0.29, 0.717) is 12.0 Å². The van der Waals surface area contributed by atoms with Crippen LogP contribution in [0, 0.1) is 5.82 Å². The highest BCUT2D eigenvalue weighted by atomic mass is 79.9. The predicted octanol–water partition coefficient (Wildman–Crippen LogP) is 3.27. The average Bonchev–Trinajstić information content (AvgIpc) is 2.30. The second-order valence-corrected chi connectivity index (χ2v) is 5.24. The third-order valence-electron chi connectivity index (χ3n) is 2.84. The summed E-state index contributed by atoms with van der Waals surface area (Å²) < 4.78 is 19.5. The summed E-state index contributed by atoms with van der Waals surface area (Å²) in [7, 11) is 1.68. The molecule has 2 atom stereocenters. The minimum Gasteiger partial charge on any atom is -0.382 e. The molecule has 2 unspecified atom stereocenters. The number of halogens is 2. The minimum absolute atomic E-state index is 0.0311. The number of methoxy groups -OCH3 is 1. The number of rotatable bonds is 6. The lowest BCUT2D eigenvalue weighted by Gasteiger charge is -2.15. The van der Waals surface area contributed by atoms with E-state index >= 15 is 0 Å². The lowest BCUT2D eigenvalue weighted by Crippen LogP contribution is -2.25. The van der Waals surface area contributed by atoms with E-state index in [2.05, 4.69) is 15.9 Å². The molecule has 17 heavy (non-hydrogen) atoms. The van der Waals surface area contributed by atoms with E-state index in [9.17, 15) is 4.39 Å². The fourth-order valence-corrected chi connectivity index (χ4v) is 2.06. The van der Waals surface area contributed by atoms with Gasteiger partial charge in [-0.15, -0.1) is 0 Å². The highest BCUT2D eigenvalue weighted by Gasteiger charge is 2.10. The zero-order chi connectivity index (χ0) is 12.8. The van der Waals surface area contributed by atoms with Crippen molar-refractivity contribution in [3.05, 3.63) is 34.1 Å². The molecule has 1 rings (SSSR count). The zero-order valence-electron chi connectivity index (χ0n) is 10.2. The Balaban J connectivity index is 2.50. The van der Waals surface area contributed by atoms with Crippen molar-refractivity contribution in [3.8, 4) is 0 Å². The molecular weight excluding hydrogens is 285 g/mol. The third kappa shape index (κ3) is 5.15. The van der Waals surface area contributed by atoms with Crippen molar-refractivity contribution in [3.63, 3.8) is 0 Å². The van der Waals surface area contributed by atoms with Crippen molar-refractivity contribution in [2.24, 2.45) is 5.73 Å². The molecule has 2 N–H and O–H groups in total. The van der Waals surface area contributed by atoms with E-state index in [0.717, 1.165) is 17.3 Å². The number of benzene rings is 1. The van der Waals surface area contributed by atoms with Crippen LogP contribution in [-0.2, 0) is 11.2 Å². The van der Waals surface area contributed by atoms with Gasteiger partial charge < -0.3 is 10.5 Å². The molecule has 0 radical (unpaired) electrons. The Bertz CT molecular complexity index is 359. The van der Waals surface area contributed by atoms with E-state index < -0.39 is 0 Å². The van der Waals surface area contributed by atoms with E-state index in [4.69, 9.17) is 10.5 Å². The van der Waals surface area contributed by atoms with Gasteiger partial charge in [0.05, 0.1) is 6.10 Å². The van der Waals surface area contributed by atoms with Gasteiger partial charge in [-0.3, -0.25) is 0 Å². The minimum atomic E-state index is -0.191. The molecule has 0 aliphatic rings. The Labute approximate surface area is 110 Å². The van der Waals surface area contributed by atoms with E-state index in [1.54, 1.807) is 19.2 Å². The van der Waals surface area contributed by atoms with E-state index in [1.807, 2.05) is 6.92 Å². The van der Waals surface area contributed by atoms with Crippen LogP contribution < -0.4 is 5.73 Å². The van der Waals surface area contributed by atoms with E-state index in [1.165, 1.54) is 6.07 Å². The smallest absolute Gasteiger partial charge is 0.126 e. The molecule has 0 saturated heterocycles. The first kappa shape index (κ1) is 14.6. The van der Waals surface area contributed by atoms with Gasteiger partial charge in [0.1, 0.15) is 5.82 Å². The average molecular weight is 304 g/mol. The Morgan fingerprint density at radius 2 is 2.12 bits per heavy atom. The van der Waals surface area contributed by atoms with E-state index in [-0.39, 0.29) is 18.0 Å². The third-order valence-corrected chi connectivity index (χ3v) is 3.33. The van der Waals surface area contributed by atoms with Crippen molar-refractivity contribution in [2.75, 3.05) is 7.11 Å². The van der Waals surface area contributed by atoms with Gasteiger partial charge in [0.25, 0.3) is 0 Å². The van der Waals surface area contributed by atoms with Crippen LogP contribution in [0.4, 0.5) is 4.39 Å². The SMILES string of the molecule is COC(C)CCC(N)Cc1cc(Br)ccc1F. The largest absolute Gasteiger partial charge is 0.382 e. The van der Waals surface area contributed by atoms with Crippen LogP contribution in [0.15, 0.2) is 22.7 Å². The monoisotopic (exact) mass is 303 g/mol. The standard InChI is InChI=1S/C13H19BrFNO/c1-9(17-2)3-5-12(16)8-10-7-11(14)4-6-13(10)15/h4,6-7,9,12H,3,5,8,16H2,1-2H3. The van der Waals surface area contributed by atoms with Gasteiger partial charge in [-0.2, -0.15) is 0 Å². The van der Waals surface area contributed by atoms with Gasteiger partial charge in [0, 0.05) is 17.6 Å². The molecule has 0 aliphatic heterocycles. The number of nitrogens with two attached hydrogens (primary N) is 1. The molecule has 0 amide bonds. The van der Waals surface area contributed by atoms with Crippen molar-refractivity contribution >= 4 is 15.9 Å². The summed E-state index contributed by atoms with van der Waals surface area (Å²) in [5, 5.41) is 0. The maximum absolute atomic E-state index is 13.5. The van der Waals surface area contributed by atoms with Crippen molar-refractivity contribution in [1.29, 1.82) is 0 Å². The van der Waals surface area contributed by atoms with Crippen LogP contribution in [0.2, 0.25) is 0 Å². The molecule has 96 valence electrons. The van der Waals surface area contributed by atoms with Crippen molar-refractivity contribution < 1.29 is 9.13 Å². The van der Waals surface area contributed by atoms with Gasteiger partial charge in [0.15, 0.2) is 0 Å². The molecular formula is C13H19BrFNO. The van der Waals surface area contributed by atoms with Gasteiger partial charge in [-0.1, -0.05) is 15.9 Å². The second kappa shape index (κ2) is 7.09. The van der Waals surface area contributed by atoms with Crippen LogP contribution >= 0.6 is 15.9 Å². The molecule has 0 aromatic heterocycles. The fourth-order valence-electron chi connectivity index (χ4n) is 1.65. The van der Waals surface area contributed by atoms with Crippen LogP contribution in [0.5, 0.6) is 0 Å². The summed E-state index contributed by atoms with van der Waals surface area (Å²) in [4.78, 5) is 0. The fraction of sp³-hybridized carbons (Fsp3) is 0.538. The summed E-state index contributed by atoms with van der Waals surface area (Å²) in [6.45, 7) is 2.01. The second-order valence-electron chi connectivity index (χ2n) is 4.32. The Morgan fingerprint density at radius 1 is 1.41 bits per heavy atom. The lowest BCUT2D eigenvalue weighted by molar-refractivity contribution is 0.107. The number of hydrogen-bond donors (Lipinski definition) is 1. The Hall–Kier alpha value is -0.450. The molecule has 1 aromatic carbocycles. The van der Waals surface area contributed by atoms with Crippen molar-refractivity contribution in [2.45, 2.75) is 38.3 Å². The topological polar surface area (TPSA) is 35.2 Å². The van der Waals surface area contributed by atoms with Gasteiger partial charge in [-0.05, 0) is 49.9 Å². The maximum Gasteiger partial charge on any atom is 0.126 e. The number of ether oxygens (including phenoxy) is 1. The van der Waals surface area contributed by atoms with Crippen molar-refractivity contribution in [1.82, 2.24) is 0 Å². The lowest BCUT2D eigenvalue weighted by atomic mass is 10.0. The van der Waals surface area contributed by atoms with Gasteiger partial charge >= 0.3 is 0 Å². The molecule has 0 bridgehead atoms. The molecule has 0 spiro atoms. The highest BCUT2D eigenvalue weighted by molar-refractivity contribution is 9.10. The Kier molecular flexibility index (Phi) is 6.09. The summed E-state index contributed by atoms with van der Waals surface area (Å²) >= 11 is 3.33. The first-order chi connectivity index (χ1) is 8.02. The molecule has 4 heteroatoms. The highest BCUT2D eigenvalue weighted by Crippen LogP contribution is 2.17. The summed E-state index contributed by atoms with van der Waals surface area (Å²) in [5.41, 5.74) is 6.65. The predicted molar refractivity (Wildman–Crippen MR) is 71.5 cm³/mol.